The molecule has 0 saturated carbocycles. The molecule has 0 amide bonds. The van der Waals surface area contributed by atoms with Gasteiger partial charge in [-0.05, 0) is 13.3 Å². The summed E-state index contributed by atoms with van der Waals surface area (Å²) in [5.74, 6) is -1.11. The Morgan fingerprint density at radius 2 is 2.17 bits per heavy atom. The zero-order chi connectivity index (χ0) is 9.99. The first-order valence-electron chi connectivity index (χ1n) is 3.39. The first-order valence-corrected chi connectivity index (χ1v) is 5.52. The molecule has 0 aromatic heterocycles. The molecule has 0 rings (SSSR count). The van der Waals surface area contributed by atoms with Crippen molar-refractivity contribution in [2.75, 3.05) is 12.0 Å². The summed E-state index contributed by atoms with van der Waals surface area (Å²) < 4.78 is 17.9. The van der Waals surface area contributed by atoms with Crippen molar-refractivity contribution in [3.05, 3.63) is 0 Å². The van der Waals surface area contributed by atoms with E-state index in [0.29, 0.717) is 0 Å². The second kappa shape index (κ2) is 3.40. The van der Waals surface area contributed by atoms with Crippen LogP contribution in [0.25, 0.3) is 0 Å². The minimum absolute atomic E-state index is 0.0201. The van der Waals surface area contributed by atoms with E-state index < -0.39 is 21.2 Å². The standard InChI is InChI=1S/C6H14N2O3S/c1-6(7,5(9)10)3-4-12(2,8)11/h8H,3-4,7H2,1-2H3,(H,9,10)/t6-,12?/m1/s1. The van der Waals surface area contributed by atoms with E-state index in [0.717, 1.165) is 0 Å². The molecule has 0 spiro atoms. The third-order valence-electron chi connectivity index (χ3n) is 1.50. The van der Waals surface area contributed by atoms with Gasteiger partial charge < -0.3 is 10.8 Å². The summed E-state index contributed by atoms with van der Waals surface area (Å²) in [7, 11) is -2.63. The van der Waals surface area contributed by atoms with E-state index in [1.807, 2.05) is 0 Å². The molecule has 0 aliphatic rings. The molecule has 0 aromatic carbocycles. The fraction of sp³-hybridized carbons (Fsp3) is 0.833. The van der Waals surface area contributed by atoms with Gasteiger partial charge in [-0.15, -0.1) is 0 Å². The third kappa shape index (κ3) is 4.30. The highest BCUT2D eigenvalue weighted by Gasteiger charge is 2.28. The minimum atomic E-state index is -2.63. The van der Waals surface area contributed by atoms with Crippen molar-refractivity contribution in [1.82, 2.24) is 0 Å². The monoisotopic (exact) mass is 194 g/mol. The summed E-state index contributed by atoms with van der Waals surface area (Å²) in [6, 6.07) is 0. The molecule has 0 aliphatic heterocycles. The van der Waals surface area contributed by atoms with Crippen LogP contribution in [0.2, 0.25) is 0 Å². The molecule has 2 atom stereocenters. The summed E-state index contributed by atoms with van der Waals surface area (Å²) in [4.78, 5) is 10.5. The highest BCUT2D eigenvalue weighted by molar-refractivity contribution is 7.91. The predicted octanol–water partition coefficient (Wildman–Crippen LogP) is -0.145. The van der Waals surface area contributed by atoms with Crippen molar-refractivity contribution < 1.29 is 14.1 Å². The zero-order valence-electron chi connectivity index (χ0n) is 7.16. The van der Waals surface area contributed by atoms with Crippen LogP contribution in [0.3, 0.4) is 0 Å². The molecule has 4 N–H and O–H groups in total. The van der Waals surface area contributed by atoms with Gasteiger partial charge in [-0.2, -0.15) is 0 Å². The molecule has 0 radical (unpaired) electrons. The lowest BCUT2D eigenvalue weighted by Crippen LogP contribution is -2.46. The van der Waals surface area contributed by atoms with Gasteiger partial charge in [0.25, 0.3) is 0 Å². The normalized spacial score (nSPS) is 20.9. The third-order valence-corrected chi connectivity index (χ3v) is 2.48. The maximum absolute atomic E-state index is 10.9. The Morgan fingerprint density at radius 3 is 2.42 bits per heavy atom. The van der Waals surface area contributed by atoms with E-state index in [1.54, 1.807) is 0 Å². The highest BCUT2D eigenvalue weighted by Crippen LogP contribution is 2.07. The molecule has 5 nitrogen and oxygen atoms in total. The van der Waals surface area contributed by atoms with Crippen LogP contribution in [0.1, 0.15) is 13.3 Å². The van der Waals surface area contributed by atoms with Crippen molar-refractivity contribution in [2.45, 2.75) is 18.9 Å². The molecular formula is C6H14N2O3S. The minimum Gasteiger partial charge on any atom is -0.480 e. The van der Waals surface area contributed by atoms with E-state index in [1.165, 1.54) is 13.2 Å². The Kier molecular flexibility index (Phi) is 3.23. The molecule has 72 valence electrons. The Morgan fingerprint density at radius 1 is 1.75 bits per heavy atom. The van der Waals surface area contributed by atoms with Gasteiger partial charge in [-0.25, -0.2) is 0 Å². The van der Waals surface area contributed by atoms with E-state index in [4.69, 9.17) is 15.6 Å². The quantitative estimate of drug-likeness (QED) is 0.579. The maximum atomic E-state index is 10.9. The molecule has 1 unspecified atom stereocenters. The topological polar surface area (TPSA) is 104 Å². The molecule has 0 saturated heterocycles. The summed E-state index contributed by atoms with van der Waals surface area (Å²) >= 11 is 0. The van der Waals surface area contributed by atoms with Crippen molar-refractivity contribution in [3.63, 3.8) is 0 Å². The highest BCUT2D eigenvalue weighted by atomic mass is 32.2. The second-order valence-corrected chi connectivity index (χ2v) is 5.60. The first-order chi connectivity index (χ1) is 5.15. The van der Waals surface area contributed by atoms with Gasteiger partial charge in [0, 0.05) is 21.7 Å². The van der Waals surface area contributed by atoms with Crippen molar-refractivity contribution >= 4 is 15.7 Å². The largest absolute Gasteiger partial charge is 0.480 e. The van der Waals surface area contributed by atoms with Gasteiger partial charge in [0.05, 0.1) is 0 Å². The van der Waals surface area contributed by atoms with E-state index >= 15 is 0 Å². The maximum Gasteiger partial charge on any atom is 0.323 e. The van der Waals surface area contributed by atoms with Crippen LogP contribution in [-0.2, 0) is 14.5 Å². The van der Waals surface area contributed by atoms with E-state index in [-0.39, 0.29) is 12.2 Å². The predicted molar refractivity (Wildman–Crippen MR) is 46.5 cm³/mol. The molecule has 0 fully saturated rings. The lowest BCUT2D eigenvalue weighted by molar-refractivity contribution is -0.142. The van der Waals surface area contributed by atoms with Crippen molar-refractivity contribution in [3.8, 4) is 0 Å². The summed E-state index contributed by atoms with van der Waals surface area (Å²) in [6.07, 6.45) is 1.33. The van der Waals surface area contributed by atoms with Gasteiger partial charge in [0.15, 0.2) is 0 Å². The number of carboxylic acid groups (broad SMARTS) is 1. The lowest BCUT2D eigenvalue weighted by atomic mass is 10.0. The Bertz CT molecular complexity index is 269. The number of nitrogens with two attached hydrogens (primary N) is 1. The van der Waals surface area contributed by atoms with Crippen LogP contribution < -0.4 is 5.73 Å². The smallest absolute Gasteiger partial charge is 0.323 e. The average molecular weight is 194 g/mol. The van der Waals surface area contributed by atoms with E-state index in [9.17, 15) is 9.00 Å². The fourth-order valence-electron chi connectivity index (χ4n) is 0.514. The Hall–Kier alpha value is -0.620. The van der Waals surface area contributed by atoms with Gasteiger partial charge in [0.1, 0.15) is 5.54 Å². The molecule has 0 heterocycles. The van der Waals surface area contributed by atoms with E-state index in [2.05, 4.69) is 0 Å². The second-order valence-electron chi connectivity index (χ2n) is 3.18. The molecule has 0 aromatic rings. The van der Waals surface area contributed by atoms with Gasteiger partial charge in [-0.3, -0.25) is 13.8 Å². The number of rotatable bonds is 4. The number of carbonyl (C=O) groups is 1. The molecule has 0 aliphatic carbocycles. The van der Waals surface area contributed by atoms with Gasteiger partial charge in [-0.1, -0.05) is 0 Å². The van der Waals surface area contributed by atoms with Crippen molar-refractivity contribution in [1.29, 1.82) is 4.78 Å². The van der Waals surface area contributed by atoms with Crippen LogP contribution in [0, 0.1) is 4.78 Å². The molecule has 12 heavy (non-hydrogen) atoms. The molecule has 0 bridgehead atoms. The number of hydrogen-bond donors (Lipinski definition) is 3. The van der Waals surface area contributed by atoms with Crippen molar-refractivity contribution in [2.24, 2.45) is 5.73 Å². The number of aliphatic carboxylic acids is 1. The number of nitrogens with one attached hydrogen (secondary N) is 1. The number of carboxylic acids is 1. The Labute approximate surface area is 71.9 Å². The lowest BCUT2D eigenvalue weighted by Gasteiger charge is -2.18. The summed E-state index contributed by atoms with van der Waals surface area (Å²) in [6.45, 7) is 1.35. The fourth-order valence-corrected chi connectivity index (χ4v) is 1.33. The zero-order valence-corrected chi connectivity index (χ0v) is 7.98. The van der Waals surface area contributed by atoms with Crippen LogP contribution in [0.5, 0.6) is 0 Å². The van der Waals surface area contributed by atoms with Gasteiger partial charge >= 0.3 is 5.97 Å². The van der Waals surface area contributed by atoms with Crippen LogP contribution in [0.4, 0.5) is 0 Å². The first kappa shape index (κ1) is 11.4. The van der Waals surface area contributed by atoms with Crippen LogP contribution in [-0.4, -0.2) is 32.8 Å². The Balaban J connectivity index is 4.20. The SMILES string of the molecule is C[C@@](N)(CCS(C)(=N)=O)C(=O)O. The molecule has 6 heteroatoms. The van der Waals surface area contributed by atoms with Crippen LogP contribution in [0.15, 0.2) is 0 Å². The van der Waals surface area contributed by atoms with Gasteiger partial charge in [0.2, 0.25) is 0 Å². The molecular weight excluding hydrogens is 180 g/mol. The summed E-state index contributed by atoms with van der Waals surface area (Å²) in [5.41, 5.74) is 3.98. The average Bonchev–Trinajstić information content (AvgIpc) is 1.82. The summed E-state index contributed by atoms with van der Waals surface area (Å²) in [5, 5.41) is 8.56. The number of hydrogen-bond acceptors (Lipinski definition) is 4. The van der Waals surface area contributed by atoms with Crippen LogP contribution >= 0.6 is 0 Å².